The number of hydrogen-bond acceptors (Lipinski definition) is 4. The van der Waals surface area contributed by atoms with Crippen LogP contribution in [0.2, 0.25) is 0 Å². The van der Waals surface area contributed by atoms with E-state index >= 15 is 0 Å². The summed E-state index contributed by atoms with van der Waals surface area (Å²) in [7, 11) is 0. The summed E-state index contributed by atoms with van der Waals surface area (Å²) >= 11 is 0. The largest absolute Gasteiger partial charge is 0.503 e. The first-order valence-corrected chi connectivity index (χ1v) is 18.1. The van der Waals surface area contributed by atoms with E-state index in [9.17, 15) is 0 Å². The Morgan fingerprint density at radius 3 is 2.13 bits per heavy atom. The van der Waals surface area contributed by atoms with Crippen molar-refractivity contribution in [1.82, 2.24) is 9.97 Å². The van der Waals surface area contributed by atoms with Gasteiger partial charge in [0.25, 0.3) is 0 Å². The van der Waals surface area contributed by atoms with Crippen molar-refractivity contribution in [2.24, 2.45) is 0 Å². The van der Waals surface area contributed by atoms with Crippen LogP contribution >= 0.6 is 0 Å². The van der Waals surface area contributed by atoms with E-state index in [0.717, 1.165) is 63.8 Å². The minimum Gasteiger partial charge on any atom is -0.503 e. The Hall–Kier alpha value is -5.29. The van der Waals surface area contributed by atoms with Crippen molar-refractivity contribution in [3.8, 4) is 56.6 Å². The molecule has 0 fully saturated rings. The second kappa shape index (κ2) is 14.6. The zero-order chi connectivity index (χ0) is 35.2. The number of hydrogen-bond donors (Lipinski definition) is 0. The number of fused-ring (bicyclic) bond motifs is 5. The normalized spacial score (nSPS) is 13.0. The van der Waals surface area contributed by atoms with Crippen LogP contribution in [-0.4, -0.2) is 16.7 Å². The Bertz CT molecular complexity index is 2470. The molecule has 0 unspecified atom stereocenters. The van der Waals surface area contributed by atoms with E-state index in [4.69, 9.17) is 14.5 Å². The minimum atomic E-state index is 0. The molecule has 5 aromatic carbocycles. The van der Waals surface area contributed by atoms with Gasteiger partial charge in [0.15, 0.2) is 0 Å². The second-order valence-electron chi connectivity index (χ2n) is 14.0. The second-order valence-corrected chi connectivity index (χ2v) is 14.0. The van der Waals surface area contributed by atoms with Crippen molar-refractivity contribution in [2.75, 3.05) is 0 Å². The maximum Gasteiger partial charge on any atom is 0.239 e. The number of nitrogens with zero attached hydrogens (tertiary/aromatic N) is 2. The van der Waals surface area contributed by atoms with Crippen LogP contribution in [0, 0.1) is 32.9 Å². The van der Waals surface area contributed by atoms with Crippen LogP contribution in [0.15, 0.2) is 121 Å². The summed E-state index contributed by atoms with van der Waals surface area (Å²) in [6, 6.07) is 46.5. The van der Waals surface area contributed by atoms with Gasteiger partial charge in [-0.05, 0) is 90.7 Å². The van der Waals surface area contributed by atoms with Crippen molar-refractivity contribution in [1.29, 1.82) is 0 Å². The molecule has 0 atom stereocenters. The first-order valence-electron chi connectivity index (χ1n) is 18.1. The SMILES string of the molecule is Cc1cnc(-c2[c-]cc(C)c(-c3ccccc3)c2)cc1C.[Ir].[c-]1cc2c3c(c1-c1ccc4c(n1)CCCC4)Oc1ccccc1B3c1ccccc1O2. The number of aryl methyl sites for hydroxylation is 5. The predicted molar refractivity (Wildman–Crippen MR) is 211 cm³/mol. The molecule has 2 aliphatic heterocycles. The quantitative estimate of drug-likeness (QED) is 0.131. The molecule has 0 bridgehead atoms. The van der Waals surface area contributed by atoms with Crippen LogP contribution in [0.1, 0.15) is 40.8 Å². The fourth-order valence-corrected chi connectivity index (χ4v) is 7.65. The van der Waals surface area contributed by atoms with E-state index in [1.165, 1.54) is 62.8 Å². The molecule has 0 saturated carbocycles. The average molecular weight is 865 g/mol. The van der Waals surface area contributed by atoms with Gasteiger partial charge in [0, 0.05) is 43.5 Å². The summed E-state index contributed by atoms with van der Waals surface area (Å²) in [5.41, 5.74) is 16.1. The standard InChI is InChI=1S/C27H19BNO2.C20H18N.Ir/c1-4-10-21-17(7-1)13-15-22(29-21)18-14-16-25-26-27(18)31-24-12-6-3-9-20(24)28(26)19-8-2-5-11-23(19)30-25;1-14-9-10-18(20-11-15(2)16(3)13-21-20)12-19(14)17-7-5-4-6-8-17;/h2-3,5-6,8-9,11-13,15-16H,1,4,7,10H2;4-9,11-13H,1-3H3;/q2*-1;. The van der Waals surface area contributed by atoms with Gasteiger partial charge in [-0.2, -0.15) is 0 Å². The van der Waals surface area contributed by atoms with Crippen LogP contribution in [0.4, 0.5) is 0 Å². The summed E-state index contributed by atoms with van der Waals surface area (Å²) in [6.45, 7) is 6.40. The number of pyridine rings is 2. The molecule has 7 aromatic rings. The van der Waals surface area contributed by atoms with Crippen molar-refractivity contribution in [3.63, 3.8) is 0 Å². The van der Waals surface area contributed by atoms with Gasteiger partial charge in [-0.1, -0.05) is 114 Å². The molecular weight excluding hydrogens is 828 g/mol. The predicted octanol–water partition coefficient (Wildman–Crippen LogP) is 9.29. The Morgan fingerprint density at radius 2 is 1.36 bits per heavy atom. The van der Waals surface area contributed by atoms with Gasteiger partial charge in [0.1, 0.15) is 11.5 Å². The van der Waals surface area contributed by atoms with Crippen LogP contribution in [-0.2, 0) is 32.9 Å². The smallest absolute Gasteiger partial charge is 0.239 e. The third kappa shape index (κ3) is 6.52. The summed E-state index contributed by atoms with van der Waals surface area (Å²) in [5, 5.41) is 0. The third-order valence-electron chi connectivity index (χ3n) is 10.6. The molecule has 1 aliphatic carbocycles. The molecule has 0 N–H and O–H groups in total. The van der Waals surface area contributed by atoms with E-state index in [2.05, 4.69) is 117 Å². The van der Waals surface area contributed by atoms with Crippen LogP contribution in [0.5, 0.6) is 23.0 Å². The van der Waals surface area contributed by atoms with E-state index in [1.54, 1.807) is 0 Å². The maximum absolute atomic E-state index is 6.52. The number of para-hydroxylation sites is 2. The van der Waals surface area contributed by atoms with E-state index in [-0.39, 0.29) is 26.8 Å². The topological polar surface area (TPSA) is 44.2 Å². The zero-order valence-electron chi connectivity index (χ0n) is 30.0. The maximum atomic E-state index is 6.52. The first kappa shape index (κ1) is 34.8. The number of ether oxygens (including phenoxy) is 2. The van der Waals surface area contributed by atoms with Crippen molar-refractivity contribution >= 4 is 23.1 Å². The summed E-state index contributed by atoms with van der Waals surface area (Å²) in [4.78, 5) is 9.58. The molecule has 0 spiro atoms. The van der Waals surface area contributed by atoms with Crippen LogP contribution in [0.25, 0.3) is 33.6 Å². The molecule has 0 amide bonds. The Kier molecular flexibility index (Phi) is 9.59. The number of benzene rings is 5. The van der Waals surface area contributed by atoms with Crippen LogP contribution < -0.4 is 25.9 Å². The van der Waals surface area contributed by atoms with Crippen molar-refractivity contribution in [3.05, 3.63) is 162 Å². The molecule has 3 aliphatic rings. The summed E-state index contributed by atoms with van der Waals surface area (Å²) in [6.07, 6.45) is 6.57. The Balaban J connectivity index is 0.000000160. The van der Waals surface area contributed by atoms with Crippen molar-refractivity contribution < 1.29 is 29.6 Å². The Morgan fingerprint density at radius 1 is 0.642 bits per heavy atom. The monoisotopic (exact) mass is 865 g/mol. The molecule has 53 heavy (non-hydrogen) atoms. The third-order valence-corrected chi connectivity index (χ3v) is 10.6. The average Bonchev–Trinajstić information content (AvgIpc) is 3.19. The molecule has 261 valence electrons. The van der Waals surface area contributed by atoms with Gasteiger partial charge in [-0.25, -0.2) is 0 Å². The van der Waals surface area contributed by atoms with Gasteiger partial charge in [-0.15, -0.1) is 41.5 Å². The number of rotatable bonds is 3. The molecule has 2 aromatic heterocycles. The Labute approximate surface area is 325 Å². The van der Waals surface area contributed by atoms with Gasteiger partial charge in [0.2, 0.25) is 6.71 Å². The first-order chi connectivity index (χ1) is 25.5. The molecule has 4 heterocycles. The summed E-state index contributed by atoms with van der Waals surface area (Å²) < 4.78 is 12.8. The molecule has 6 heteroatoms. The van der Waals surface area contributed by atoms with Crippen LogP contribution in [0.3, 0.4) is 0 Å². The van der Waals surface area contributed by atoms with Crippen molar-refractivity contribution in [2.45, 2.75) is 46.5 Å². The van der Waals surface area contributed by atoms with Gasteiger partial charge in [0.05, 0.1) is 0 Å². The van der Waals surface area contributed by atoms with E-state index < -0.39 is 0 Å². The molecule has 0 saturated heterocycles. The fraction of sp³-hybridized carbons (Fsp3) is 0.149. The van der Waals surface area contributed by atoms with E-state index in [0.29, 0.717) is 0 Å². The minimum absolute atomic E-state index is 0. The molecule has 1 radical (unpaired) electrons. The molecule has 4 nitrogen and oxygen atoms in total. The van der Waals surface area contributed by atoms with E-state index in [1.807, 2.05) is 42.6 Å². The zero-order valence-corrected chi connectivity index (χ0v) is 32.4. The summed E-state index contributed by atoms with van der Waals surface area (Å²) in [5.74, 6) is 3.42. The van der Waals surface area contributed by atoms with Gasteiger partial charge in [-0.3, -0.25) is 0 Å². The fourth-order valence-electron chi connectivity index (χ4n) is 7.65. The number of aromatic nitrogens is 2. The molecule has 10 rings (SSSR count). The van der Waals surface area contributed by atoms with Gasteiger partial charge >= 0.3 is 0 Å². The molecular formula is C47H37BIrN2O2-2. The van der Waals surface area contributed by atoms with Gasteiger partial charge < -0.3 is 19.4 Å².